The first-order valence-electron chi connectivity index (χ1n) is 7.14. The average molecular weight is 298 g/mol. The van der Waals surface area contributed by atoms with Crippen molar-refractivity contribution in [3.63, 3.8) is 0 Å². The summed E-state index contributed by atoms with van der Waals surface area (Å²) in [6.07, 6.45) is 5.72. The molecule has 1 atom stereocenters. The molecule has 0 spiro atoms. The predicted octanol–water partition coefficient (Wildman–Crippen LogP) is 1.19. The van der Waals surface area contributed by atoms with E-state index in [4.69, 9.17) is 0 Å². The van der Waals surface area contributed by atoms with Crippen LogP contribution in [0.25, 0.3) is 0 Å². The second kappa shape index (κ2) is 7.15. The van der Waals surface area contributed by atoms with Gasteiger partial charge in [0.15, 0.2) is 0 Å². The highest BCUT2D eigenvalue weighted by Gasteiger charge is 2.30. The maximum absolute atomic E-state index is 12.5. The smallest absolute Gasteiger partial charge is 0.214 e. The first kappa shape index (κ1) is 15.4. The molecule has 6 heteroatoms. The van der Waals surface area contributed by atoms with Crippen LogP contribution in [0.3, 0.4) is 0 Å². The van der Waals surface area contributed by atoms with E-state index in [2.05, 4.69) is 4.98 Å². The Morgan fingerprint density at radius 1 is 1.30 bits per heavy atom. The molecule has 0 aromatic carbocycles. The summed E-state index contributed by atoms with van der Waals surface area (Å²) < 4.78 is 26.4. The molecule has 112 valence electrons. The third-order valence-electron chi connectivity index (χ3n) is 3.73. The number of hydrogen-bond acceptors (Lipinski definition) is 4. The van der Waals surface area contributed by atoms with Crippen molar-refractivity contribution < 1.29 is 13.5 Å². The Morgan fingerprint density at radius 2 is 2.15 bits per heavy atom. The van der Waals surface area contributed by atoms with E-state index in [-0.39, 0.29) is 18.4 Å². The lowest BCUT2D eigenvalue weighted by Crippen LogP contribution is -2.43. The molecule has 2 heterocycles. The van der Waals surface area contributed by atoms with Crippen LogP contribution in [0.15, 0.2) is 24.4 Å². The molecule has 1 N–H and O–H groups in total. The van der Waals surface area contributed by atoms with E-state index in [1.54, 1.807) is 6.20 Å². The van der Waals surface area contributed by atoms with Crippen molar-refractivity contribution in [2.24, 2.45) is 0 Å². The fraction of sp³-hybridized carbons (Fsp3) is 0.643. The summed E-state index contributed by atoms with van der Waals surface area (Å²) in [7, 11) is -3.33. The van der Waals surface area contributed by atoms with Gasteiger partial charge in [0.05, 0.1) is 12.4 Å². The molecule has 0 bridgehead atoms. The summed E-state index contributed by atoms with van der Waals surface area (Å²) in [5.41, 5.74) is 0.784. The highest BCUT2D eigenvalue weighted by Crippen LogP contribution is 2.20. The summed E-state index contributed by atoms with van der Waals surface area (Å²) in [6, 6.07) is 5.25. The average Bonchev–Trinajstić information content (AvgIpc) is 2.72. The van der Waals surface area contributed by atoms with Crippen molar-refractivity contribution in [2.75, 3.05) is 18.9 Å². The highest BCUT2D eigenvalue weighted by atomic mass is 32.2. The molecule has 2 rings (SSSR count). The van der Waals surface area contributed by atoms with Gasteiger partial charge in [0.2, 0.25) is 10.0 Å². The lowest BCUT2D eigenvalue weighted by atomic mass is 10.1. The first-order valence-corrected chi connectivity index (χ1v) is 8.74. The fourth-order valence-corrected chi connectivity index (χ4v) is 4.33. The molecular weight excluding hydrogens is 276 g/mol. The number of pyridine rings is 1. The van der Waals surface area contributed by atoms with Gasteiger partial charge in [-0.05, 0) is 25.0 Å². The molecule has 5 nitrogen and oxygen atoms in total. The molecular formula is C14H22N2O3S. The Bertz CT molecular complexity index is 504. The summed E-state index contributed by atoms with van der Waals surface area (Å²) in [5.74, 6) is 0.0561. The fourth-order valence-electron chi connectivity index (χ4n) is 2.60. The number of aliphatic hydroxyl groups is 1. The van der Waals surface area contributed by atoms with Gasteiger partial charge in [-0.2, -0.15) is 4.31 Å². The van der Waals surface area contributed by atoms with E-state index >= 15 is 0 Å². The van der Waals surface area contributed by atoms with Gasteiger partial charge in [0.1, 0.15) is 0 Å². The number of rotatable bonds is 5. The summed E-state index contributed by atoms with van der Waals surface area (Å²) in [6.45, 7) is 0.429. The standard InChI is InChI=1S/C14H22N2O3S/c17-12-14-7-2-1-5-10-16(14)20(18,19)11-8-13-6-3-4-9-15-13/h3-4,6,9,14,17H,1-2,5,7-8,10-12H2. The third-order valence-corrected chi connectivity index (χ3v) is 5.65. The zero-order valence-electron chi connectivity index (χ0n) is 11.6. The molecule has 1 aromatic heterocycles. The van der Waals surface area contributed by atoms with Gasteiger partial charge in [-0.25, -0.2) is 8.42 Å². The van der Waals surface area contributed by atoms with Crippen LogP contribution in [0.1, 0.15) is 31.4 Å². The van der Waals surface area contributed by atoms with Gasteiger partial charge in [0.25, 0.3) is 0 Å². The Hall–Kier alpha value is -0.980. The van der Waals surface area contributed by atoms with Crippen molar-refractivity contribution in [2.45, 2.75) is 38.1 Å². The first-order chi connectivity index (χ1) is 9.63. The number of sulfonamides is 1. The minimum absolute atomic E-state index is 0.0561. The molecule has 1 unspecified atom stereocenters. The Kier molecular flexibility index (Phi) is 5.51. The quantitative estimate of drug-likeness (QED) is 0.886. The van der Waals surface area contributed by atoms with Crippen molar-refractivity contribution in [1.29, 1.82) is 0 Å². The Labute approximate surface area is 120 Å². The molecule has 0 aliphatic carbocycles. The third kappa shape index (κ3) is 4.01. The van der Waals surface area contributed by atoms with Crippen LogP contribution < -0.4 is 0 Å². The summed E-state index contributed by atoms with van der Waals surface area (Å²) >= 11 is 0. The van der Waals surface area contributed by atoms with Crippen LogP contribution in [0.2, 0.25) is 0 Å². The summed E-state index contributed by atoms with van der Waals surface area (Å²) in [5, 5.41) is 9.42. The molecule has 1 aliphatic rings. The van der Waals surface area contributed by atoms with Gasteiger partial charge < -0.3 is 5.11 Å². The van der Waals surface area contributed by atoms with E-state index in [1.807, 2.05) is 18.2 Å². The van der Waals surface area contributed by atoms with Crippen LogP contribution >= 0.6 is 0 Å². The zero-order chi connectivity index (χ0) is 14.4. The van der Waals surface area contributed by atoms with Crippen LogP contribution in [0, 0.1) is 0 Å². The van der Waals surface area contributed by atoms with Gasteiger partial charge in [0, 0.05) is 30.9 Å². The number of hydrogen-bond donors (Lipinski definition) is 1. The van der Waals surface area contributed by atoms with E-state index in [1.165, 1.54) is 4.31 Å². The number of aryl methyl sites for hydroxylation is 1. The Balaban J connectivity index is 2.04. The molecule has 1 aromatic rings. The van der Waals surface area contributed by atoms with Gasteiger partial charge in [-0.3, -0.25) is 4.98 Å². The predicted molar refractivity (Wildman–Crippen MR) is 77.8 cm³/mol. The van der Waals surface area contributed by atoms with Crippen LogP contribution in [0.5, 0.6) is 0 Å². The number of aromatic nitrogens is 1. The minimum Gasteiger partial charge on any atom is -0.395 e. The molecule has 0 radical (unpaired) electrons. The van der Waals surface area contributed by atoms with E-state index < -0.39 is 10.0 Å². The van der Waals surface area contributed by atoms with E-state index in [9.17, 15) is 13.5 Å². The van der Waals surface area contributed by atoms with Crippen molar-refractivity contribution >= 4 is 10.0 Å². The van der Waals surface area contributed by atoms with Crippen molar-refractivity contribution in [1.82, 2.24) is 9.29 Å². The molecule has 1 aliphatic heterocycles. The lowest BCUT2D eigenvalue weighted by Gasteiger charge is -2.27. The van der Waals surface area contributed by atoms with E-state index in [0.717, 1.165) is 31.4 Å². The van der Waals surface area contributed by atoms with E-state index in [0.29, 0.717) is 13.0 Å². The Morgan fingerprint density at radius 3 is 2.85 bits per heavy atom. The topological polar surface area (TPSA) is 70.5 Å². The maximum Gasteiger partial charge on any atom is 0.214 e. The molecule has 0 saturated carbocycles. The zero-order valence-corrected chi connectivity index (χ0v) is 12.4. The SMILES string of the molecule is O=S(=O)(CCc1ccccn1)N1CCCCCC1CO. The largest absolute Gasteiger partial charge is 0.395 e. The van der Waals surface area contributed by atoms with Crippen LogP contribution in [-0.4, -0.2) is 47.8 Å². The summed E-state index contributed by atoms with van der Waals surface area (Å²) in [4.78, 5) is 4.15. The second-order valence-corrected chi connectivity index (χ2v) is 7.22. The maximum atomic E-state index is 12.5. The molecule has 0 amide bonds. The normalized spacial score (nSPS) is 21.6. The minimum atomic E-state index is -3.33. The van der Waals surface area contributed by atoms with Gasteiger partial charge in [-0.15, -0.1) is 0 Å². The monoisotopic (exact) mass is 298 g/mol. The molecule has 1 saturated heterocycles. The molecule has 1 fully saturated rings. The lowest BCUT2D eigenvalue weighted by molar-refractivity contribution is 0.186. The van der Waals surface area contributed by atoms with Crippen molar-refractivity contribution in [3.05, 3.63) is 30.1 Å². The van der Waals surface area contributed by atoms with Gasteiger partial charge in [-0.1, -0.05) is 18.9 Å². The van der Waals surface area contributed by atoms with Gasteiger partial charge >= 0.3 is 0 Å². The van der Waals surface area contributed by atoms with Crippen LogP contribution in [0.4, 0.5) is 0 Å². The molecule has 20 heavy (non-hydrogen) atoms. The number of aliphatic hydroxyl groups excluding tert-OH is 1. The van der Waals surface area contributed by atoms with Crippen LogP contribution in [-0.2, 0) is 16.4 Å². The van der Waals surface area contributed by atoms with Crippen molar-refractivity contribution in [3.8, 4) is 0 Å². The second-order valence-electron chi connectivity index (χ2n) is 5.18. The highest BCUT2D eigenvalue weighted by molar-refractivity contribution is 7.89. The number of nitrogens with zero attached hydrogens (tertiary/aromatic N) is 2.